The number of aryl methyl sites for hydroxylation is 1. The summed E-state index contributed by atoms with van der Waals surface area (Å²) >= 11 is 0. The molecule has 1 aliphatic rings. The third kappa shape index (κ3) is 3.75. The second-order valence-corrected chi connectivity index (χ2v) is 5.95. The molecule has 0 N–H and O–H groups in total. The number of benzene rings is 1. The predicted molar refractivity (Wildman–Crippen MR) is 90.5 cm³/mol. The number of anilines is 1. The highest BCUT2D eigenvalue weighted by Crippen LogP contribution is 2.20. The van der Waals surface area contributed by atoms with E-state index in [-0.39, 0.29) is 11.7 Å². The molecule has 25 heavy (non-hydrogen) atoms. The van der Waals surface area contributed by atoms with Crippen LogP contribution in [-0.4, -0.2) is 47.0 Å². The Bertz CT molecular complexity index is 768. The number of hydrogen-bond acceptors (Lipinski definition) is 4. The van der Waals surface area contributed by atoms with Gasteiger partial charge < -0.3 is 9.80 Å². The molecule has 132 valence electrons. The first-order valence-corrected chi connectivity index (χ1v) is 8.39. The Hall–Kier alpha value is -2.57. The first-order chi connectivity index (χ1) is 12.1. The van der Waals surface area contributed by atoms with Crippen molar-refractivity contribution < 1.29 is 13.6 Å². The van der Waals surface area contributed by atoms with Gasteiger partial charge in [-0.3, -0.25) is 4.79 Å². The summed E-state index contributed by atoms with van der Waals surface area (Å²) in [6, 6.07) is 5.67. The molecule has 1 aromatic heterocycles. The Morgan fingerprint density at radius 3 is 2.76 bits per heavy atom. The molecule has 7 heteroatoms. The smallest absolute Gasteiger partial charge is 0.254 e. The van der Waals surface area contributed by atoms with Crippen LogP contribution in [-0.2, 0) is 6.42 Å². The Labute approximate surface area is 145 Å². The summed E-state index contributed by atoms with van der Waals surface area (Å²) in [6.45, 7) is 3.89. The lowest BCUT2D eigenvalue weighted by Crippen LogP contribution is -2.35. The van der Waals surface area contributed by atoms with Crippen LogP contribution in [0.2, 0.25) is 0 Å². The molecule has 2 heterocycles. The van der Waals surface area contributed by atoms with E-state index in [0.717, 1.165) is 0 Å². The molecule has 0 radical (unpaired) electrons. The zero-order valence-electron chi connectivity index (χ0n) is 14.1. The zero-order valence-corrected chi connectivity index (χ0v) is 14.1. The van der Waals surface area contributed by atoms with E-state index in [0.29, 0.717) is 50.3 Å². The van der Waals surface area contributed by atoms with Gasteiger partial charge in [0.05, 0.1) is 5.69 Å². The molecule has 5 nitrogen and oxygen atoms in total. The highest BCUT2D eigenvalue weighted by atomic mass is 19.1. The summed E-state index contributed by atoms with van der Waals surface area (Å²) in [4.78, 5) is 24.1. The van der Waals surface area contributed by atoms with Gasteiger partial charge in [0.25, 0.3) is 5.91 Å². The van der Waals surface area contributed by atoms with Crippen molar-refractivity contribution in [3.05, 3.63) is 53.5 Å². The second kappa shape index (κ2) is 7.55. The normalized spacial score (nSPS) is 15.2. The van der Waals surface area contributed by atoms with E-state index in [2.05, 4.69) is 9.97 Å². The van der Waals surface area contributed by atoms with E-state index in [1.807, 2.05) is 11.8 Å². The van der Waals surface area contributed by atoms with Gasteiger partial charge in [0, 0.05) is 31.7 Å². The van der Waals surface area contributed by atoms with E-state index in [1.54, 1.807) is 11.0 Å². The maximum Gasteiger partial charge on any atom is 0.254 e. The number of carbonyl (C=O) groups is 1. The standard InChI is InChI=1S/C18H20F2N4O/c1-2-15-16(20)17(22-12-21-15)23-7-4-8-24(10-9-23)18(25)13-5-3-6-14(19)11-13/h3,5-6,11-12H,2,4,7-10H2,1H3. The van der Waals surface area contributed by atoms with Gasteiger partial charge in [-0.05, 0) is 31.0 Å². The third-order valence-electron chi connectivity index (χ3n) is 4.33. The summed E-state index contributed by atoms with van der Waals surface area (Å²) in [6.07, 6.45) is 2.56. The first-order valence-electron chi connectivity index (χ1n) is 8.39. The number of hydrogen-bond donors (Lipinski definition) is 0. The lowest BCUT2D eigenvalue weighted by molar-refractivity contribution is 0.0766. The lowest BCUT2D eigenvalue weighted by Gasteiger charge is -2.23. The summed E-state index contributed by atoms with van der Waals surface area (Å²) in [5, 5.41) is 0. The summed E-state index contributed by atoms with van der Waals surface area (Å²) < 4.78 is 27.8. The third-order valence-corrected chi connectivity index (χ3v) is 4.33. The van der Waals surface area contributed by atoms with Crippen LogP contribution in [0.3, 0.4) is 0 Å². The molecule has 0 atom stereocenters. The molecule has 1 amide bonds. The molecule has 1 saturated heterocycles. The quantitative estimate of drug-likeness (QED) is 0.857. The van der Waals surface area contributed by atoms with Crippen LogP contribution in [0.1, 0.15) is 29.4 Å². The Balaban J connectivity index is 1.73. The van der Waals surface area contributed by atoms with E-state index < -0.39 is 11.6 Å². The van der Waals surface area contributed by atoms with Crippen LogP contribution in [0.4, 0.5) is 14.6 Å². The van der Waals surface area contributed by atoms with E-state index >= 15 is 0 Å². The molecule has 1 aromatic carbocycles. The SMILES string of the molecule is CCc1ncnc(N2CCCN(C(=O)c3cccc(F)c3)CC2)c1F. The van der Waals surface area contributed by atoms with Crippen molar-refractivity contribution in [1.29, 1.82) is 0 Å². The van der Waals surface area contributed by atoms with Crippen molar-refractivity contribution in [2.75, 3.05) is 31.1 Å². The maximum absolute atomic E-state index is 14.5. The van der Waals surface area contributed by atoms with Crippen LogP contribution in [0.15, 0.2) is 30.6 Å². The molecular weight excluding hydrogens is 326 g/mol. The van der Waals surface area contributed by atoms with Crippen LogP contribution < -0.4 is 4.90 Å². The Kier molecular flexibility index (Phi) is 5.21. The molecule has 0 unspecified atom stereocenters. The Morgan fingerprint density at radius 2 is 2.00 bits per heavy atom. The van der Waals surface area contributed by atoms with Crippen molar-refractivity contribution in [3.8, 4) is 0 Å². The molecular formula is C18H20F2N4O. The molecule has 1 fully saturated rings. The molecule has 3 rings (SSSR count). The van der Waals surface area contributed by atoms with Crippen molar-refractivity contribution in [1.82, 2.24) is 14.9 Å². The lowest BCUT2D eigenvalue weighted by atomic mass is 10.2. The van der Waals surface area contributed by atoms with Crippen molar-refractivity contribution in [3.63, 3.8) is 0 Å². The van der Waals surface area contributed by atoms with Gasteiger partial charge in [-0.15, -0.1) is 0 Å². The molecule has 0 spiro atoms. The summed E-state index contributed by atoms with van der Waals surface area (Å²) in [5.41, 5.74) is 0.719. The van der Waals surface area contributed by atoms with Gasteiger partial charge in [0.2, 0.25) is 0 Å². The van der Waals surface area contributed by atoms with E-state index in [1.165, 1.54) is 24.5 Å². The van der Waals surface area contributed by atoms with Crippen molar-refractivity contribution >= 4 is 11.7 Å². The predicted octanol–water partition coefficient (Wildman–Crippen LogP) is 2.67. The van der Waals surface area contributed by atoms with Gasteiger partial charge in [0.15, 0.2) is 11.6 Å². The van der Waals surface area contributed by atoms with Crippen molar-refractivity contribution in [2.45, 2.75) is 19.8 Å². The minimum atomic E-state index is -0.433. The van der Waals surface area contributed by atoms with Gasteiger partial charge in [-0.2, -0.15) is 0 Å². The van der Waals surface area contributed by atoms with Gasteiger partial charge >= 0.3 is 0 Å². The van der Waals surface area contributed by atoms with E-state index in [9.17, 15) is 13.6 Å². The molecule has 0 bridgehead atoms. The molecule has 0 saturated carbocycles. The van der Waals surface area contributed by atoms with Crippen molar-refractivity contribution in [2.24, 2.45) is 0 Å². The average molecular weight is 346 g/mol. The topological polar surface area (TPSA) is 49.3 Å². The monoisotopic (exact) mass is 346 g/mol. The second-order valence-electron chi connectivity index (χ2n) is 5.95. The maximum atomic E-state index is 14.5. The highest BCUT2D eigenvalue weighted by Gasteiger charge is 2.23. The average Bonchev–Trinajstić information content (AvgIpc) is 2.87. The van der Waals surface area contributed by atoms with Crippen LogP contribution in [0, 0.1) is 11.6 Å². The zero-order chi connectivity index (χ0) is 17.8. The Morgan fingerprint density at radius 1 is 1.16 bits per heavy atom. The number of halogens is 2. The first kappa shape index (κ1) is 17.3. The highest BCUT2D eigenvalue weighted by molar-refractivity contribution is 5.94. The molecule has 0 aliphatic carbocycles. The summed E-state index contributed by atoms with van der Waals surface area (Å²) in [7, 11) is 0. The number of aromatic nitrogens is 2. The molecule has 1 aliphatic heterocycles. The van der Waals surface area contributed by atoms with Crippen LogP contribution >= 0.6 is 0 Å². The number of amides is 1. The fourth-order valence-corrected chi connectivity index (χ4v) is 3.00. The fraction of sp³-hybridized carbons (Fsp3) is 0.389. The largest absolute Gasteiger partial charge is 0.352 e. The van der Waals surface area contributed by atoms with Gasteiger partial charge in [-0.1, -0.05) is 13.0 Å². The minimum absolute atomic E-state index is 0.209. The molecule has 2 aromatic rings. The van der Waals surface area contributed by atoms with Crippen LogP contribution in [0.5, 0.6) is 0 Å². The number of nitrogens with zero attached hydrogens (tertiary/aromatic N) is 4. The van der Waals surface area contributed by atoms with Crippen LogP contribution in [0.25, 0.3) is 0 Å². The summed E-state index contributed by atoms with van der Waals surface area (Å²) in [5.74, 6) is -0.752. The fourth-order valence-electron chi connectivity index (χ4n) is 3.00. The number of carbonyl (C=O) groups excluding carboxylic acids is 1. The van der Waals surface area contributed by atoms with E-state index in [4.69, 9.17) is 0 Å². The van der Waals surface area contributed by atoms with Gasteiger partial charge in [0.1, 0.15) is 12.1 Å². The number of rotatable bonds is 3. The minimum Gasteiger partial charge on any atom is -0.352 e. The van der Waals surface area contributed by atoms with Gasteiger partial charge in [-0.25, -0.2) is 18.7 Å².